The predicted octanol–water partition coefficient (Wildman–Crippen LogP) is 2.97. The molecule has 1 fully saturated rings. The average Bonchev–Trinajstić information content (AvgIpc) is 2.76. The molecule has 0 radical (unpaired) electrons. The number of nitrogens with zero attached hydrogens (tertiary/aromatic N) is 1. The third-order valence-electron chi connectivity index (χ3n) is 6.68. The Kier molecular flexibility index (Phi) is 6.42. The van der Waals surface area contributed by atoms with Crippen LogP contribution in [0.25, 0.3) is 0 Å². The lowest BCUT2D eigenvalue weighted by atomic mass is 9.81. The van der Waals surface area contributed by atoms with Gasteiger partial charge in [-0.05, 0) is 49.1 Å². The van der Waals surface area contributed by atoms with Crippen molar-refractivity contribution in [3.05, 3.63) is 59.2 Å². The molecule has 2 aromatic carbocycles. The van der Waals surface area contributed by atoms with Gasteiger partial charge >= 0.3 is 0 Å². The maximum Gasteiger partial charge on any atom is 0.217 e. The monoisotopic (exact) mass is 440 g/mol. The third-order valence-corrected chi connectivity index (χ3v) is 6.68. The number of carbonyl (C=O) groups excluding carboxylic acids is 1. The summed E-state index contributed by atoms with van der Waals surface area (Å²) < 4.78 is 6.30. The number of carbonyl (C=O) groups is 1. The van der Waals surface area contributed by atoms with Crippen molar-refractivity contribution in [2.24, 2.45) is 0 Å². The standard InChI is InChI=1S/C25H32N2O5/c1-16(26-17(2)28)18-3-5-19(6-4-18)23(31)15-27-11-9-25(10-12-27)14-22(30)21-13-20(29)7-8-24(21)32-25/h3-8,13,16,22-23,29-31H,9-12,14-15H2,1-2H3,(H,26,28)/t16-,22-,23-/m1/s1. The zero-order chi connectivity index (χ0) is 22.9. The van der Waals surface area contributed by atoms with E-state index >= 15 is 0 Å². The summed E-state index contributed by atoms with van der Waals surface area (Å²) in [7, 11) is 0. The van der Waals surface area contributed by atoms with Gasteiger partial charge in [0.15, 0.2) is 0 Å². The SMILES string of the molecule is CC(=O)N[C@H](C)c1ccc([C@H](O)CN2CCC3(CC2)C[C@@H](O)c2cc(O)ccc2O3)cc1. The molecule has 0 bridgehead atoms. The first-order valence-corrected chi connectivity index (χ1v) is 11.2. The van der Waals surface area contributed by atoms with Crippen LogP contribution in [-0.4, -0.2) is 51.4 Å². The largest absolute Gasteiger partial charge is 0.508 e. The smallest absolute Gasteiger partial charge is 0.217 e. The minimum Gasteiger partial charge on any atom is -0.508 e. The van der Waals surface area contributed by atoms with Crippen LogP contribution in [0, 0.1) is 0 Å². The maximum absolute atomic E-state index is 11.2. The quantitative estimate of drug-likeness (QED) is 0.570. The normalized spacial score (nSPS) is 21.9. The predicted molar refractivity (Wildman–Crippen MR) is 120 cm³/mol. The number of phenolic OH excluding ortho intramolecular Hbond substituents is 1. The van der Waals surface area contributed by atoms with Crippen LogP contribution in [0.3, 0.4) is 0 Å². The molecule has 0 aromatic heterocycles. The van der Waals surface area contributed by atoms with E-state index in [9.17, 15) is 20.1 Å². The number of hydrogen-bond acceptors (Lipinski definition) is 6. The number of benzene rings is 2. The summed E-state index contributed by atoms with van der Waals surface area (Å²) in [4.78, 5) is 13.5. The van der Waals surface area contributed by atoms with Crippen LogP contribution in [0.4, 0.5) is 0 Å². The molecule has 4 N–H and O–H groups in total. The van der Waals surface area contributed by atoms with Crippen molar-refractivity contribution in [3.63, 3.8) is 0 Å². The number of fused-ring (bicyclic) bond motifs is 1. The van der Waals surface area contributed by atoms with E-state index in [4.69, 9.17) is 4.74 Å². The van der Waals surface area contributed by atoms with Crippen LogP contribution in [0.1, 0.15) is 68.1 Å². The molecule has 7 heteroatoms. The molecule has 2 aliphatic rings. The summed E-state index contributed by atoms with van der Waals surface area (Å²) in [5, 5.41) is 33.9. The minimum absolute atomic E-state index is 0.0689. The third kappa shape index (κ3) is 4.90. The summed E-state index contributed by atoms with van der Waals surface area (Å²) >= 11 is 0. The number of likely N-dealkylation sites (tertiary alicyclic amines) is 1. The van der Waals surface area contributed by atoms with Crippen molar-refractivity contribution in [1.29, 1.82) is 0 Å². The van der Waals surface area contributed by atoms with Gasteiger partial charge in [-0.25, -0.2) is 0 Å². The van der Waals surface area contributed by atoms with E-state index in [0.29, 0.717) is 24.3 Å². The van der Waals surface area contributed by atoms with Gasteiger partial charge in [0.05, 0.1) is 18.2 Å². The second kappa shape index (κ2) is 9.10. The minimum atomic E-state index is -0.651. The summed E-state index contributed by atoms with van der Waals surface area (Å²) in [6.07, 6.45) is 0.791. The maximum atomic E-state index is 11.2. The molecule has 7 nitrogen and oxygen atoms in total. The molecule has 4 rings (SSSR count). The van der Waals surface area contributed by atoms with Crippen LogP contribution in [0.2, 0.25) is 0 Å². The van der Waals surface area contributed by atoms with Crippen molar-refractivity contribution in [1.82, 2.24) is 10.2 Å². The molecule has 2 aromatic rings. The van der Waals surface area contributed by atoms with Crippen LogP contribution in [-0.2, 0) is 4.79 Å². The van der Waals surface area contributed by atoms with E-state index in [1.807, 2.05) is 31.2 Å². The van der Waals surface area contributed by atoms with E-state index < -0.39 is 17.8 Å². The van der Waals surface area contributed by atoms with Crippen molar-refractivity contribution < 1.29 is 24.9 Å². The van der Waals surface area contributed by atoms with Gasteiger partial charge in [0, 0.05) is 38.5 Å². The van der Waals surface area contributed by atoms with Gasteiger partial charge < -0.3 is 30.3 Å². The van der Waals surface area contributed by atoms with Gasteiger partial charge in [0.1, 0.15) is 17.1 Å². The first kappa shape index (κ1) is 22.6. The van der Waals surface area contributed by atoms with Crippen LogP contribution in [0.15, 0.2) is 42.5 Å². The number of aromatic hydroxyl groups is 1. The number of rotatable bonds is 5. The Bertz CT molecular complexity index is 953. The van der Waals surface area contributed by atoms with Gasteiger partial charge in [-0.1, -0.05) is 24.3 Å². The molecule has 0 saturated carbocycles. The molecule has 0 unspecified atom stereocenters. The van der Waals surface area contributed by atoms with E-state index in [-0.39, 0.29) is 17.7 Å². The number of aliphatic hydroxyl groups excluding tert-OH is 2. The Morgan fingerprint density at radius 2 is 1.84 bits per heavy atom. The average molecular weight is 441 g/mol. The molecule has 32 heavy (non-hydrogen) atoms. The van der Waals surface area contributed by atoms with Crippen molar-refractivity contribution in [2.45, 2.75) is 57.0 Å². The number of amides is 1. The molecule has 1 amide bonds. The summed E-state index contributed by atoms with van der Waals surface area (Å²) in [6, 6.07) is 12.5. The Hall–Kier alpha value is -2.61. The number of aliphatic hydroxyl groups is 2. The van der Waals surface area contributed by atoms with Crippen molar-refractivity contribution in [3.8, 4) is 11.5 Å². The molecular weight excluding hydrogens is 408 g/mol. The number of hydrogen-bond donors (Lipinski definition) is 4. The highest BCUT2D eigenvalue weighted by Gasteiger charge is 2.43. The first-order chi connectivity index (χ1) is 15.2. The Labute approximate surface area is 188 Å². The molecule has 172 valence electrons. The van der Waals surface area contributed by atoms with Crippen LogP contribution >= 0.6 is 0 Å². The van der Waals surface area contributed by atoms with E-state index in [1.165, 1.54) is 6.92 Å². The molecule has 2 aliphatic heterocycles. The van der Waals surface area contributed by atoms with Crippen molar-refractivity contribution >= 4 is 5.91 Å². The number of nitrogens with one attached hydrogen (secondary N) is 1. The topological polar surface area (TPSA) is 102 Å². The Morgan fingerprint density at radius 1 is 1.19 bits per heavy atom. The highest BCUT2D eigenvalue weighted by molar-refractivity contribution is 5.73. The number of β-amino-alcohol motifs (C(OH)–C–C–N with tert-alkyl or cyclic N) is 1. The second-order valence-corrected chi connectivity index (χ2v) is 9.13. The lowest BCUT2D eigenvalue weighted by molar-refractivity contribution is -0.119. The van der Waals surface area contributed by atoms with Gasteiger partial charge in [-0.2, -0.15) is 0 Å². The van der Waals surface area contributed by atoms with E-state index in [0.717, 1.165) is 37.1 Å². The van der Waals surface area contributed by atoms with E-state index in [1.54, 1.807) is 18.2 Å². The fourth-order valence-corrected chi connectivity index (χ4v) is 4.82. The van der Waals surface area contributed by atoms with E-state index in [2.05, 4.69) is 10.2 Å². The fraction of sp³-hybridized carbons (Fsp3) is 0.480. The molecular formula is C25H32N2O5. The highest BCUT2D eigenvalue weighted by Crippen LogP contribution is 2.45. The summed E-state index contributed by atoms with van der Waals surface area (Å²) in [5.74, 6) is 0.702. The number of ether oxygens (including phenoxy) is 1. The number of phenols is 1. The first-order valence-electron chi connectivity index (χ1n) is 11.2. The lowest BCUT2D eigenvalue weighted by Gasteiger charge is -2.46. The molecule has 3 atom stereocenters. The molecule has 2 heterocycles. The number of piperidine rings is 1. The Morgan fingerprint density at radius 3 is 2.50 bits per heavy atom. The fourth-order valence-electron chi connectivity index (χ4n) is 4.82. The van der Waals surface area contributed by atoms with Crippen LogP contribution in [0.5, 0.6) is 11.5 Å². The van der Waals surface area contributed by atoms with Gasteiger partial charge in [-0.15, -0.1) is 0 Å². The summed E-state index contributed by atoms with van der Waals surface area (Å²) in [5.41, 5.74) is 2.08. The molecule has 1 saturated heterocycles. The second-order valence-electron chi connectivity index (χ2n) is 9.13. The van der Waals surface area contributed by atoms with Gasteiger partial charge in [-0.3, -0.25) is 4.79 Å². The summed E-state index contributed by atoms with van der Waals surface area (Å²) in [6.45, 7) is 5.51. The molecule has 0 aliphatic carbocycles. The van der Waals surface area contributed by atoms with Gasteiger partial charge in [0.25, 0.3) is 0 Å². The lowest BCUT2D eigenvalue weighted by Crippen LogP contribution is -2.51. The zero-order valence-corrected chi connectivity index (χ0v) is 18.6. The zero-order valence-electron chi connectivity index (χ0n) is 18.6. The molecule has 1 spiro atoms. The Balaban J connectivity index is 1.33. The van der Waals surface area contributed by atoms with Crippen LogP contribution < -0.4 is 10.1 Å². The van der Waals surface area contributed by atoms with Gasteiger partial charge in [0.2, 0.25) is 5.91 Å². The van der Waals surface area contributed by atoms with Crippen molar-refractivity contribution in [2.75, 3.05) is 19.6 Å². The highest BCUT2D eigenvalue weighted by atomic mass is 16.5.